The van der Waals surface area contributed by atoms with Gasteiger partial charge in [0.1, 0.15) is 5.82 Å². The first-order valence-electron chi connectivity index (χ1n) is 4.62. The Morgan fingerprint density at radius 2 is 2.00 bits per heavy atom. The summed E-state index contributed by atoms with van der Waals surface area (Å²) in [6.45, 7) is 4.78. The van der Waals surface area contributed by atoms with E-state index in [4.69, 9.17) is 0 Å². The lowest BCUT2D eigenvalue weighted by atomic mass is 10.3. The maximum Gasteiger partial charge on any atom is 0.272 e. The van der Waals surface area contributed by atoms with Gasteiger partial charge in [0.05, 0.1) is 6.20 Å². The van der Waals surface area contributed by atoms with Crippen molar-refractivity contribution in [2.75, 3.05) is 6.61 Å². The van der Waals surface area contributed by atoms with Crippen LogP contribution in [0.15, 0.2) is 12.3 Å². The minimum absolute atomic E-state index is 0.0131. The zero-order valence-electron chi connectivity index (χ0n) is 8.93. The van der Waals surface area contributed by atoms with Crippen LogP contribution in [0.25, 0.3) is 0 Å². The Labute approximate surface area is 87.1 Å². The SMILES string of the molecule is CC.Cc1cc(OCC(F)F)ncc1F. The minimum Gasteiger partial charge on any atom is -0.472 e. The first-order chi connectivity index (χ1) is 7.09. The number of hydrogen-bond acceptors (Lipinski definition) is 2. The molecule has 0 amide bonds. The van der Waals surface area contributed by atoms with E-state index in [0.717, 1.165) is 6.20 Å². The van der Waals surface area contributed by atoms with Crippen molar-refractivity contribution in [2.24, 2.45) is 0 Å². The van der Waals surface area contributed by atoms with Gasteiger partial charge in [-0.15, -0.1) is 0 Å². The van der Waals surface area contributed by atoms with Crippen LogP contribution >= 0.6 is 0 Å². The van der Waals surface area contributed by atoms with Crippen LogP contribution in [0.3, 0.4) is 0 Å². The van der Waals surface area contributed by atoms with Gasteiger partial charge in [0.25, 0.3) is 6.43 Å². The third kappa shape index (κ3) is 5.24. The Kier molecular flexibility index (Phi) is 6.49. The van der Waals surface area contributed by atoms with E-state index in [1.807, 2.05) is 13.8 Å². The summed E-state index contributed by atoms with van der Waals surface area (Å²) in [5.74, 6) is -0.469. The molecule has 1 aromatic rings. The van der Waals surface area contributed by atoms with Gasteiger partial charge in [-0.05, 0) is 12.5 Å². The highest BCUT2D eigenvalue weighted by Crippen LogP contribution is 2.12. The molecule has 15 heavy (non-hydrogen) atoms. The number of hydrogen-bond donors (Lipinski definition) is 0. The van der Waals surface area contributed by atoms with Gasteiger partial charge in [0, 0.05) is 6.07 Å². The van der Waals surface area contributed by atoms with Gasteiger partial charge in [-0.25, -0.2) is 18.2 Å². The van der Waals surface area contributed by atoms with Crippen molar-refractivity contribution in [2.45, 2.75) is 27.2 Å². The number of nitrogens with zero attached hydrogens (tertiary/aromatic N) is 1. The molecule has 0 bridgehead atoms. The summed E-state index contributed by atoms with van der Waals surface area (Å²) in [7, 11) is 0. The number of rotatable bonds is 3. The molecular weight excluding hydrogens is 207 g/mol. The van der Waals surface area contributed by atoms with Gasteiger partial charge in [-0.3, -0.25) is 0 Å². The molecule has 0 aromatic carbocycles. The summed E-state index contributed by atoms with van der Waals surface area (Å²) in [6, 6.07) is 1.28. The molecule has 0 N–H and O–H groups in total. The molecule has 0 aliphatic carbocycles. The second-order valence-corrected chi connectivity index (χ2v) is 2.47. The fraction of sp³-hybridized carbons (Fsp3) is 0.500. The monoisotopic (exact) mass is 221 g/mol. The van der Waals surface area contributed by atoms with Crippen molar-refractivity contribution in [1.29, 1.82) is 0 Å². The van der Waals surface area contributed by atoms with Crippen LogP contribution < -0.4 is 4.74 Å². The highest BCUT2D eigenvalue weighted by molar-refractivity contribution is 5.20. The largest absolute Gasteiger partial charge is 0.472 e. The number of aromatic nitrogens is 1. The van der Waals surface area contributed by atoms with Crippen LogP contribution in [0.5, 0.6) is 5.88 Å². The molecule has 0 saturated carbocycles. The molecule has 1 aromatic heterocycles. The first-order valence-corrected chi connectivity index (χ1v) is 4.62. The van der Waals surface area contributed by atoms with E-state index in [1.165, 1.54) is 13.0 Å². The Bertz CT molecular complexity index is 292. The topological polar surface area (TPSA) is 22.1 Å². The highest BCUT2D eigenvalue weighted by Gasteiger charge is 2.05. The third-order valence-corrected chi connectivity index (χ3v) is 1.38. The van der Waals surface area contributed by atoms with Crippen LogP contribution in [0.4, 0.5) is 13.2 Å². The molecule has 0 saturated heterocycles. The normalized spacial score (nSPS) is 9.53. The standard InChI is InChI=1S/C8H8F3NO.C2H6/c1-5-2-8(12-3-6(5)9)13-4-7(10)11;1-2/h2-3,7H,4H2,1H3;1-2H3. The summed E-state index contributed by atoms with van der Waals surface area (Å²) >= 11 is 0. The van der Waals surface area contributed by atoms with Crippen LogP contribution in [0.2, 0.25) is 0 Å². The minimum atomic E-state index is -2.55. The lowest BCUT2D eigenvalue weighted by Gasteiger charge is -2.04. The van der Waals surface area contributed by atoms with E-state index < -0.39 is 18.8 Å². The van der Waals surface area contributed by atoms with Crippen LogP contribution in [0, 0.1) is 12.7 Å². The summed E-state index contributed by atoms with van der Waals surface area (Å²) < 4.78 is 40.6. The number of alkyl halides is 2. The van der Waals surface area contributed by atoms with Crippen molar-refractivity contribution in [3.8, 4) is 5.88 Å². The third-order valence-electron chi connectivity index (χ3n) is 1.38. The molecule has 0 aliphatic rings. The van der Waals surface area contributed by atoms with E-state index in [2.05, 4.69) is 9.72 Å². The Morgan fingerprint density at radius 1 is 1.40 bits per heavy atom. The van der Waals surface area contributed by atoms with Crippen molar-refractivity contribution in [3.63, 3.8) is 0 Å². The molecule has 0 spiro atoms. The van der Waals surface area contributed by atoms with Crippen LogP contribution in [-0.4, -0.2) is 18.0 Å². The molecule has 5 heteroatoms. The zero-order valence-corrected chi connectivity index (χ0v) is 8.93. The number of ether oxygens (including phenoxy) is 1. The predicted octanol–water partition coefficient (Wildman–Crippen LogP) is 3.20. The quantitative estimate of drug-likeness (QED) is 0.781. The highest BCUT2D eigenvalue weighted by atomic mass is 19.3. The van der Waals surface area contributed by atoms with E-state index in [-0.39, 0.29) is 5.88 Å². The van der Waals surface area contributed by atoms with Crippen molar-refractivity contribution in [1.82, 2.24) is 4.98 Å². The molecule has 1 rings (SSSR count). The molecular formula is C10H14F3NO. The molecule has 0 aliphatic heterocycles. The van der Waals surface area contributed by atoms with Gasteiger partial charge >= 0.3 is 0 Å². The van der Waals surface area contributed by atoms with Gasteiger partial charge in [-0.1, -0.05) is 13.8 Å². The summed E-state index contributed by atoms with van der Waals surface area (Å²) in [6.07, 6.45) is -1.61. The Morgan fingerprint density at radius 3 is 2.47 bits per heavy atom. The smallest absolute Gasteiger partial charge is 0.272 e. The number of halogens is 3. The van der Waals surface area contributed by atoms with E-state index in [1.54, 1.807) is 0 Å². The zero-order chi connectivity index (χ0) is 11.8. The van der Waals surface area contributed by atoms with E-state index in [0.29, 0.717) is 5.56 Å². The lowest BCUT2D eigenvalue weighted by Crippen LogP contribution is -2.08. The predicted molar refractivity (Wildman–Crippen MR) is 51.8 cm³/mol. The van der Waals surface area contributed by atoms with Crippen molar-refractivity contribution >= 4 is 0 Å². The fourth-order valence-corrected chi connectivity index (χ4v) is 0.741. The van der Waals surface area contributed by atoms with E-state index in [9.17, 15) is 13.2 Å². The van der Waals surface area contributed by atoms with Gasteiger partial charge in [-0.2, -0.15) is 0 Å². The fourth-order valence-electron chi connectivity index (χ4n) is 0.741. The molecule has 0 unspecified atom stereocenters. The molecule has 86 valence electrons. The first kappa shape index (κ1) is 13.7. The average Bonchev–Trinajstić information content (AvgIpc) is 2.23. The maximum atomic E-state index is 12.6. The van der Waals surface area contributed by atoms with Crippen molar-refractivity contribution in [3.05, 3.63) is 23.6 Å². The van der Waals surface area contributed by atoms with Gasteiger partial charge < -0.3 is 4.74 Å². The molecule has 0 fully saturated rings. The molecule has 0 radical (unpaired) electrons. The summed E-state index contributed by atoms with van der Waals surface area (Å²) in [4.78, 5) is 3.48. The number of pyridine rings is 1. The van der Waals surface area contributed by atoms with Gasteiger partial charge in [0.15, 0.2) is 6.61 Å². The maximum absolute atomic E-state index is 12.6. The lowest BCUT2D eigenvalue weighted by molar-refractivity contribution is 0.0795. The van der Waals surface area contributed by atoms with Crippen LogP contribution in [0.1, 0.15) is 19.4 Å². The molecule has 0 atom stereocenters. The second-order valence-electron chi connectivity index (χ2n) is 2.47. The van der Waals surface area contributed by atoms with Crippen LogP contribution in [-0.2, 0) is 0 Å². The molecule has 2 nitrogen and oxygen atoms in total. The Balaban J connectivity index is 0.000000921. The van der Waals surface area contributed by atoms with E-state index >= 15 is 0 Å². The second kappa shape index (κ2) is 7.09. The Hall–Kier alpha value is -1.26. The van der Waals surface area contributed by atoms with Gasteiger partial charge in [0.2, 0.25) is 5.88 Å². The number of aryl methyl sites for hydroxylation is 1. The summed E-state index contributed by atoms with van der Waals surface area (Å²) in [5.41, 5.74) is 0.319. The van der Waals surface area contributed by atoms with Crippen molar-refractivity contribution < 1.29 is 17.9 Å². The average molecular weight is 221 g/mol. The summed E-state index contributed by atoms with van der Waals surface area (Å²) in [5, 5.41) is 0. The molecule has 1 heterocycles.